The molecule has 5 nitrogen and oxygen atoms in total. The molecule has 1 N–H and O–H groups in total. The van der Waals surface area contributed by atoms with E-state index in [1.54, 1.807) is 0 Å². The van der Waals surface area contributed by atoms with Crippen molar-refractivity contribution in [1.29, 1.82) is 0 Å². The van der Waals surface area contributed by atoms with Crippen LogP contribution < -0.4 is 10.2 Å². The highest BCUT2D eigenvalue weighted by Crippen LogP contribution is 2.19. The Bertz CT molecular complexity index is 611. The predicted molar refractivity (Wildman–Crippen MR) is 99.3 cm³/mol. The van der Waals surface area contributed by atoms with E-state index < -0.39 is 0 Å². The van der Waals surface area contributed by atoms with Crippen LogP contribution in [0.25, 0.3) is 0 Å². The summed E-state index contributed by atoms with van der Waals surface area (Å²) in [5.74, 6) is 0.991. The largest absolute Gasteiger partial charge is 0.381 e. The van der Waals surface area contributed by atoms with Gasteiger partial charge in [-0.3, -0.25) is 9.88 Å². The van der Waals surface area contributed by atoms with Crippen molar-refractivity contribution in [3.8, 4) is 0 Å². The molecule has 2 aromatic heterocycles. The van der Waals surface area contributed by atoms with Crippen LogP contribution in [-0.4, -0.2) is 48.1 Å². The van der Waals surface area contributed by atoms with Crippen LogP contribution in [0, 0.1) is 0 Å². The first-order chi connectivity index (χ1) is 11.7. The summed E-state index contributed by atoms with van der Waals surface area (Å²) in [6.07, 6.45) is 9.30. The van der Waals surface area contributed by atoms with Crippen molar-refractivity contribution >= 4 is 11.5 Å². The first kappa shape index (κ1) is 16.7. The maximum Gasteiger partial charge on any atom is 0.128 e. The number of likely N-dealkylation sites (tertiary alicyclic amines) is 1. The van der Waals surface area contributed by atoms with Crippen LogP contribution in [0.5, 0.6) is 0 Å². The van der Waals surface area contributed by atoms with Gasteiger partial charge in [0.15, 0.2) is 0 Å². The highest BCUT2D eigenvalue weighted by Gasteiger charge is 2.17. The fourth-order valence-corrected chi connectivity index (χ4v) is 3.18. The molecule has 5 heteroatoms. The maximum absolute atomic E-state index is 4.49. The van der Waals surface area contributed by atoms with E-state index in [-0.39, 0.29) is 0 Å². The lowest BCUT2D eigenvalue weighted by Gasteiger charge is -2.21. The van der Waals surface area contributed by atoms with E-state index in [9.17, 15) is 0 Å². The highest BCUT2D eigenvalue weighted by molar-refractivity contribution is 5.48. The summed E-state index contributed by atoms with van der Waals surface area (Å²) in [5.41, 5.74) is 2.47. The first-order valence-corrected chi connectivity index (χ1v) is 8.72. The number of nitrogens with zero attached hydrogens (tertiary/aromatic N) is 4. The summed E-state index contributed by atoms with van der Waals surface area (Å²) >= 11 is 0. The van der Waals surface area contributed by atoms with E-state index >= 15 is 0 Å². The molecule has 1 fully saturated rings. The molecular weight excluding hydrogens is 298 g/mol. The number of hydrogen-bond acceptors (Lipinski definition) is 5. The Kier molecular flexibility index (Phi) is 5.64. The lowest BCUT2D eigenvalue weighted by atomic mass is 10.1. The number of rotatable bonds is 5. The molecule has 1 saturated heterocycles. The van der Waals surface area contributed by atoms with Crippen molar-refractivity contribution in [1.82, 2.24) is 14.9 Å². The molecule has 0 amide bonds. The van der Waals surface area contributed by atoms with Crippen LogP contribution in [0.15, 0.2) is 42.9 Å². The van der Waals surface area contributed by atoms with E-state index in [0.717, 1.165) is 24.6 Å². The van der Waals surface area contributed by atoms with Gasteiger partial charge in [0.05, 0.1) is 11.9 Å². The third kappa shape index (κ3) is 4.68. The molecule has 0 radical (unpaired) electrons. The molecule has 1 atom stereocenters. The van der Waals surface area contributed by atoms with Gasteiger partial charge in [-0.25, -0.2) is 4.98 Å². The fourth-order valence-electron chi connectivity index (χ4n) is 3.18. The predicted octanol–water partition coefficient (Wildman–Crippen LogP) is 3.01. The number of anilines is 2. The molecule has 0 unspecified atom stereocenters. The molecule has 0 bridgehead atoms. The second kappa shape index (κ2) is 8.11. The molecule has 24 heavy (non-hydrogen) atoms. The molecule has 0 spiro atoms. The molecule has 3 rings (SSSR count). The van der Waals surface area contributed by atoms with E-state index in [0.29, 0.717) is 6.04 Å². The zero-order valence-electron chi connectivity index (χ0n) is 14.7. The monoisotopic (exact) mass is 325 g/mol. The van der Waals surface area contributed by atoms with Crippen LogP contribution in [0.3, 0.4) is 0 Å². The number of aromatic nitrogens is 2. The van der Waals surface area contributed by atoms with Gasteiger partial charge in [0, 0.05) is 45.6 Å². The van der Waals surface area contributed by atoms with Gasteiger partial charge in [0.25, 0.3) is 0 Å². The average molecular weight is 325 g/mol. The Morgan fingerprint density at radius 2 is 1.96 bits per heavy atom. The van der Waals surface area contributed by atoms with Gasteiger partial charge in [-0.15, -0.1) is 0 Å². The van der Waals surface area contributed by atoms with Crippen LogP contribution in [0.2, 0.25) is 0 Å². The van der Waals surface area contributed by atoms with Gasteiger partial charge < -0.3 is 10.2 Å². The molecular formula is C19H27N5. The average Bonchev–Trinajstić information content (AvgIpc) is 2.82. The lowest BCUT2D eigenvalue weighted by molar-refractivity contribution is 0.276. The summed E-state index contributed by atoms with van der Waals surface area (Å²) in [6, 6.07) is 8.94. The van der Waals surface area contributed by atoms with Crippen molar-refractivity contribution in [2.45, 2.75) is 31.8 Å². The number of nitrogens with one attached hydrogen (secondary N) is 1. The second-order valence-electron chi connectivity index (χ2n) is 6.70. The van der Waals surface area contributed by atoms with Crippen LogP contribution in [0.1, 0.15) is 24.8 Å². The summed E-state index contributed by atoms with van der Waals surface area (Å²) < 4.78 is 0. The molecule has 0 aliphatic carbocycles. The van der Waals surface area contributed by atoms with Crippen molar-refractivity contribution in [2.24, 2.45) is 0 Å². The van der Waals surface area contributed by atoms with Gasteiger partial charge in [-0.2, -0.15) is 0 Å². The van der Waals surface area contributed by atoms with Crippen molar-refractivity contribution in [3.05, 3.63) is 48.4 Å². The molecule has 0 saturated carbocycles. The Hall–Kier alpha value is -2.14. The Morgan fingerprint density at radius 3 is 2.67 bits per heavy atom. The summed E-state index contributed by atoms with van der Waals surface area (Å²) in [7, 11) is 4.02. The zero-order valence-corrected chi connectivity index (χ0v) is 14.7. The van der Waals surface area contributed by atoms with E-state index in [2.05, 4.69) is 44.5 Å². The maximum atomic E-state index is 4.49. The van der Waals surface area contributed by atoms with Crippen LogP contribution in [-0.2, 0) is 6.54 Å². The minimum atomic E-state index is 0.527. The topological polar surface area (TPSA) is 44.3 Å². The zero-order chi connectivity index (χ0) is 16.8. The van der Waals surface area contributed by atoms with Crippen molar-refractivity contribution in [3.63, 3.8) is 0 Å². The molecule has 2 aromatic rings. The van der Waals surface area contributed by atoms with Crippen LogP contribution >= 0.6 is 0 Å². The smallest absolute Gasteiger partial charge is 0.128 e. The third-order valence-corrected chi connectivity index (χ3v) is 4.55. The van der Waals surface area contributed by atoms with E-state index in [1.165, 1.54) is 31.4 Å². The van der Waals surface area contributed by atoms with Gasteiger partial charge in [0.2, 0.25) is 0 Å². The number of hydrogen-bond donors (Lipinski definition) is 1. The quantitative estimate of drug-likeness (QED) is 0.915. The minimum Gasteiger partial charge on any atom is -0.381 e. The van der Waals surface area contributed by atoms with Crippen molar-refractivity contribution < 1.29 is 0 Å². The third-order valence-electron chi connectivity index (χ3n) is 4.55. The second-order valence-corrected chi connectivity index (χ2v) is 6.70. The van der Waals surface area contributed by atoms with Crippen LogP contribution in [0.4, 0.5) is 11.5 Å². The Labute approximate surface area is 144 Å². The van der Waals surface area contributed by atoms with E-state index in [1.807, 2.05) is 37.6 Å². The summed E-state index contributed by atoms with van der Waals surface area (Å²) in [5, 5.41) is 3.65. The first-order valence-electron chi connectivity index (χ1n) is 8.72. The Morgan fingerprint density at radius 1 is 1.12 bits per heavy atom. The highest BCUT2D eigenvalue weighted by atomic mass is 15.1. The SMILES string of the molecule is CN(C)c1ccc(N[C@H]2CCCN(Cc3ccncc3)CC2)cn1. The summed E-state index contributed by atoms with van der Waals surface area (Å²) in [4.78, 5) is 13.1. The number of pyridine rings is 2. The normalized spacial score (nSPS) is 18.8. The minimum absolute atomic E-state index is 0.527. The van der Waals surface area contributed by atoms with E-state index in [4.69, 9.17) is 0 Å². The molecule has 3 heterocycles. The molecule has 1 aliphatic rings. The van der Waals surface area contributed by atoms with Gasteiger partial charge in [-0.05, 0) is 55.6 Å². The standard InChI is InChI=1S/C19H27N5/c1-23(2)19-6-5-18(14-21-19)22-17-4-3-12-24(13-9-17)15-16-7-10-20-11-8-16/h5-8,10-11,14,17,22H,3-4,9,12-13,15H2,1-2H3/t17-/m0/s1. The molecule has 1 aliphatic heterocycles. The fraction of sp³-hybridized carbons (Fsp3) is 0.474. The molecule has 128 valence electrons. The van der Waals surface area contributed by atoms with Gasteiger partial charge in [0.1, 0.15) is 5.82 Å². The molecule has 0 aromatic carbocycles. The summed E-state index contributed by atoms with van der Waals surface area (Å²) in [6.45, 7) is 3.32. The van der Waals surface area contributed by atoms with Gasteiger partial charge in [-0.1, -0.05) is 0 Å². The van der Waals surface area contributed by atoms with Gasteiger partial charge >= 0.3 is 0 Å². The Balaban J connectivity index is 1.52. The lowest BCUT2D eigenvalue weighted by Crippen LogP contribution is -2.26. The van der Waals surface area contributed by atoms with Crippen molar-refractivity contribution in [2.75, 3.05) is 37.4 Å².